The van der Waals surface area contributed by atoms with Crippen LogP contribution in [0.4, 0.5) is 5.69 Å². The molecule has 0 spiro atoms. The van der Waals surface area contributed by atoms with Gasteiger partial charge in [-0.1, -0.05) is 44.2 Å². The summed E-state index contributed by atoms with van der Waals surface area (Å²) in [7, 11) is 1.62. The molecule has 0 unspecified atom stereocenters. The van der Waals surface area contributed by atoms with Crippen LogP contribution in [0.1, 0.15) is 30.5 Å². The van der Waals surface area contributed by atoms with Crippen LogP contribution in [0.3, 0.4) is 0 Å². The second-order valence-corrected chi connectivity index (χ2v) is 6.11. The predicted molar refractivity (Wildman–Crippen MR) is 126 cm³/mol. The number of hydrogen-bond donors (Lipinski definition) is 3. The minimum atomic E-state index is -0.185. The second-order valence-electron chi connectivity index (χ2n) is 6.11. The van der Waals surface area contributed by atoms with Crippen LogP contribution < -0.4 is 21.1 Å². The third-order valence-corrected chi connectivity index (χ3v) is 4.29. The average Bonchev–Trinajstić information content (AvgIpc) is 2.71. The number of ether oxygens (including phenoxy) is 1. The first-order valence-electron chi connectivity index (χ1n) is 9.14. The number of amides is 1. The summed E-state index contributed by atoms with van der Waals surface area (Å²) in [5.74, 6) is 0.840. The Morgan fingerprint density at radius 3 is 2.21 bits per heavy atom. The average molecular weight is 496 g/mol. The molecule has 0 saturated heterocycles. The van der Waals surface area contributed by atoms with Crippen LogP contribution in [0.15, 0.2) is 47.5 Å². The zero-order valence-corrected chi connectivity index (χ0v) is 18.9. The van der Waals surface area contributed by atoms with Gasteiger partial charge >= 0.3 is 0 Å². The third-order valence-electron chi connectivity index (χ3n) is 4.29. The molecule has 0 saturated carbocycles. The molecule has 0 aliphatic heterocycles. The Morgan fingerprint density at radius 2 is 1.68 bits per heavy atom. The number of para-hydroxylation sites is 1. The van der Waals surface area contributed by atoms with Gasteiger partial charge in [0.15, 0.2) is 5.96 Å². The molecule has 0 heterocycles. The third kappa shape index (κ3) is 7.03. The van der Waals surface area contributed by atoms with Crippen molar-refractivity contribution in [3.63, 3.8) is 0 Å². The maximum Gasteiger partial charge on any atom is 0.242 e. The highest BCUT2D eigenvalue weighted by Gasteiger charge is 2.08. The summed E-state index contributed by atoms with van der Waals surface area (Å²) in [5.41, 5.74) is 10.3. The number of rotatable bonds is 8. The molecule has 2 rings (SSSR count). The van der Waals surface area contributed by atoms with Gasteiger partial charge in [-0.2, -0.15) is 0 Å². The zero-order chi connectivity index (χ0) is 19.6. The molecule has 0 fully saturated rings. The molecule has 28 heavy (non-hydrogen) atoms. The van der Waals surface area contributed by atoms with E-state index in [1.165, 1.54) is 11.1 Å². The predicted octanol–water partition coefficient (Wildman–Crippen LogP) is 3.48. The summed E-state index contributed by atoms with van der Waals surface area (Å²) in [6.45, 7) is 4.61. The summed E-state index contributed by atoms with van der Waals surface area (Å²) in [6.07, 6.45) is 1.79. The molecule has 0 radical (unpaired) electrons. The Balaban J connectivity index is 0.00000392. The lowest BCUT2D eigenvalue weighted by molar-refractivity contribution is -0.119. The standard InChI is InChI=1S/C21H28N4O2.HI/c1-4-16-7-6-8-17(5-2)20(16)25-21(22)24-14-19(26)23-13-15-9-11-18(27-3)12-10-15;/h6-12H,4-5,13-14H2,1-3H3,(H,23,26)(H3,22,24,25);1H. The van der Waals surface area contributed by atoms with E-state index in [0.717, 1.165) is 29.8 Å². The first-order valence-corrected chi connectivity index (χ1v) is 9.14. The van der Waals surface area contributed by atoms with Crippen molar-refractivity contribution in [1.82, 2.24) is 5.32 Å². The van der Waals surface area contributed by atoms with Gasteiger partial charge in [-0.15, -0.1) is 24.0 Å². The van der Waals surface area contributed by atoms with Gasteiger partial charge in [-0.25, -0.2) is 4.99 Å². The summed E-state index contributed by atoms with van der Waals surface area (Å²) >= 11 is 0. The molecule has 1 amide bonds. The van der Waals surface area contributed by atoms with E-state index in [-0.39, 0.29) is 42.4 Å². The summed E-state index contributed by atoms with van der Waals surface area (Å²) in [5, 5.41) is 5.99. The lowest BCUT2D eigenvalue weighted by atomic mass is 10.0. The fraction of sp³-hybridized carbons (Fsp3) is 0.333. The van der Waals surface area contributed by atoms with E-state index < -0.39 is 0 Å². The van der Waals surface area contributed by atoms with Gasteiger partial charge in [0, 0.05) is 12.2 Å². The van der Waals surface area contributed by atoms with Crippen LogP contribution >= 0.6 is 24.0 Å². The zero-order valence-electron chi connectivity index (χ0n) is 16.6. The molecule has 0 bridgehead atoms. The molecule has 6 nitrogen and oxygen atoms in total. The number of aryl methyl sites for hydroxylation is 2. The molecule has 0 aromatic heterocycles. The van der Waals surface area contributed by atoms with Crippen molar-refractivity contribution in [1.29, 1.82) is 0 Å². The SMILES string of the molecule is CCc1cccc(CC)c1NC(N)=NCC(=O)NCc1ccc(OC)cc1.I. The Morgan fingerprint density at radius 1 is 1.07 bits per heavy atom. The number of benzene rings is 2. The smallest absolute Gasteiger partial charge is 0.242 e. The number of guanidine groups is 1. The molecule has 152 valence electrons. The van der Waals surface area contributed by atoms with Crippen molar-refractivity contribution in [2.75, 3.05) is 19.0 Å². The number of aliphatic imine (C=N–C) groups is 1. The summed E-state index contributed by atoms with van der Waals surface area (Å²) in [6, 6.07) is 13.7. The summed E-state index contributed by atoms with van der Waals surface area (Å²) in [4.78, 5) is 16.2. The molecule has 2 aromatic carbocycles. The highest BCUT2D eigenvalue weighted by atomic mass is 127. The normalized spacial score (nSPS) is 10.8. The number of anilines is 1. The van der Waals surface area contributed by atoms with E-state index in [4.69, 9.17) is 10.5 Å². The van der Waals surface area contributed by atoms with Crippen molar-refractivity contribution in [3.05, 3.63) is 59.2 Å². The van der Waals surface area contributed by atoms with Gasteiger partial charge in [-0.05, 0) is 41.7 Å². The Labute approximate surface area is 184 Å². The van der Waals surface area contributed by atoms with Crippen LogP contribution in [-0.4, -0.2) is 25.5 Å². The molecule has 7 heteroatoms. The number of carbonyl (C=O) groups excluding carboxylic acids is 1. The van der Waals surface area contributed by atoms with Crippen LogP contribution in [0, 0.1) is 0 Å². The maximum absolute atomic E-state index is 12.0. The fourth-order valence-electron chi connectivity index (χ4n) is 2.73. The van der Waals surface area contributed by atoms with Crippen molar-refractivity contribution < 1.29 is 9.53 Å². The first kappa shape index (κ1) is 23.7. The van der Waals surface area contributed by atoms with Gasteiger partial charge in [-0.3, -0.25) is 4.79 Å². The minimum Gasteiger partial charge on any atom is -0.497 e. The topological polar surface area (TPSA) is 88.7 Å². The van der Waals surface area contributed by atoms with Crippen LogP contribution in [0.2, 0.25) is 0 Å². The molecule has 2 aromatic rings. The Kier molecular flexibility index (Phi) is 10.4. The number of carbonyl (C=O) groups is 1. The van der Waals surface area contributed by atoms with Gasteiger partial charge in [0.2, 0.25) is 5.91 Å². The molecule has 0 aliphatic carbocycles. The molecule has 4 N–H and O–H groups in total. The molecule has 0 atom stereocenters. The van der Waals surface area contributed by atoms with Gasteiger partial charge in [0.05, 0.1) is 7.11 Å². The highest BCUT2D eigenvalue weighted by molar-refractivity contribution is 14.0. The van der Waals surface area contributed by atoms with E-state index in [1.54, 1.807) is 7.11 Å². The largest absolute Gasteiger partial charge is 0.497 e. The quantitative estimate of drug-likeness (QED) is 0.297. The second kappa shape index (κ2) is 12.2. The van der Waals surface area contributed by atoms with Crippen molar-refractivity contribution in [3.8, 4) is 5.75 Å². The minimum absolute atomic E-state index is 0. The van der Waals surface area contributed by atoms with E-state index in [0.29, 0.717) is 6.54 Å². The van der Waals surface area contributed by atoms with Crippen molar-refractivity contribution >= 4 is 41.5 Å². The van der Waals surface area contributed by atoms with Gasteiger partial charge in [0.25, 0.3) is 0 Å². The van der Waals surface area contributed by atoms with Gasteiger partial charge in [0.1, 0.15) is 12.3 Å². The summed E-state index contributed by atoms with van der Waals surface area (Å²) < 4.78 is 5.12. The van der Waals surface area contributed by atoms with E-state index in [1.807, 2.05) is 30.3 Å². The van der Waals surface area contributed by atoms with Crippen LogP contribution in [0.25, 0.3) is 0 Å². The fourth-order valence-corrected chi connectivity index (χ4v) is 2.73. The maximum atomic E-state index is 12.0. The first-order chi connectivity index (χ1) is 13.1. The number of hydrogen-bond acceptors (Lipinski definition) is 3. The number of halogens is 1. The van der Waals surface area contributed by atoms with E-state index in [9.17, 15) is 4.79 Å². The lowest BCUT2D eigenvalue weighted by Crippen LogP contribution is -2.29. The Hall–Kier alpha value is -2.29. The molecular formula is C21H29IN4O2. The van der Waals surface area contributed by atoms with Crippen LogP contribution in [-0.2, 0) is 24.2 Å². The molecule has 0 aliphatic rings. The van der Waals surface area contributed by atoms with E-state index >= 15 is 0 Å². The number of nitrogens with zero attached hydrogens (tertiary/aromatic N) is 1. The Bertz CT molecular complexity index is 769. The number of methoxy groups -OCH3 is 1. The highest BCUT2D eigenvalue weighted by Crippen LogP contribution is 2.22. The molecular weight excluding hydrogens is 467 g/mol. The monoisotopic (exact) mass is 496 g/mol. The number of nitrogens with two attached hydrogens (primary N) is 1. The lowest BCUT2D eigenvalue weighted by Gasteiger charge is -2.14. The van der Waals surface area contributed by atoms with Crippen molar-refractivity contribution in [2.45, 2.75) is 33.2 Å². The van der Waals surface area contributed by atoms with Gasteiger partial charge < -0.3 is 21.1 Å². The van der Waals surface area contributed by atoms with Crippen LogP contribution in [0.5, 0.6) is 5.75 Å². The number of nitrogens with one attached hydrogen (secondary N) is 2. The van der Waals surface area contributed by atoms with Crippen molar-refractivity contribution in [2.24, 2.45) is 10.7 Å². The van der Waals surface area contributed by atoms with E-state index in [2.05, 4.69) is 41.6 Å².